The molecule has 0 aliphatic rings. The minimum Gasteiger partial charge on any atom is -0.494 e. The summed E-state index contributed by atoms with van der Waals surface area (Å²) in [7, 11) is 1.62. The molecule has 0 aliphatic carbocycles. The molecule has 19 heavy (non-hydrogen) atoms. The molecule has 1 aromatic rings. The average Bonchev–Trinajstić information content (AvgIpc) is 2.24. The summed E-state index contributed by atoms with van der Waals surface area (Å²) in [4.78, 5) is 11.0. The molecule has 0 spiro atoms. The normalized spacial score (nSPS) is 11.4. The van der Waals surface area contributed by atoms with E-state index in [2.05, 4.69) is 37.2 Å². The van der Waals surface area contributed by atoms with E-state index in [0.29, 0.717) is 13.0 Å². The highest BCUT2D eigenvalue weighted by Crippen LogP contribution is 2.34. The summed E-state index contributed by atoms with van der Waals surface area (Å²) in [5.74, 6) is 0.453. The number of methoxy groups -OCH3 is 1. The first-order valence-electron chi connectivity index (χ1n) is 5.80. The van der Waals surface area contributed by atoms with E-state index in [1.54, 1.807) is 7.11 Å². The third-order valence-corrected chi connectivity index (χ3v) is 3.83. The fraction of sp³-hybridized carbons (Fsp3) is 0.462. The maximum Gasteiger partial charge on any atom is 0.219 e. The van der Waals surface area contributed by atoms with Gasteiger partial charge in [0.2, 0.25) is 5.91 Å². The molecule has 0 bridgehead atoms. The molecule has 0 radical (unpaired) electrons. The van der Waals surface area contributed by atoms with E-state index in [4.69, 9.17) is 10.5 Å². The Morgan fingerprint density at radius 2 is 1.89 bits per heavy atom. The summed E-state index contributed by atoms with van der Waals surface area (Å²) in [5, 5.41) is 3.32. The first kappa shape index (κ1) is 16.5. The van der Waals surface area contributed by atoms with Crippen LogP contribution in [0, 0.1) is 0 Å². The van der Waals surface area contributed by atoms with E-state index >= 15 is 0 Å². The lowest BCUT2D eigenvalue weighted by atomic mass is 10.00. The Hall–Kier alpha value is -0.590. The van der Waals surface area contributed by atoms with Gasteiger partial charge in [0, 0.05) is 18.5 Å². The van der Waals surface area contributed by atoms with Gasteiger partial charge in [-0.25, -0.2) is 0 Å². The molecule has 0 atom stereocenters. The third kappa shape index (κ3) is 5.12. The number of nitrogens with one attached hydrogen (secondary N) is 1. The van der Waals surface area contributed by atoms with Crippen molar-refractivity contribution in [1.82, 2.24) is 5.32 Å². The van der Waals surface area contributed by atoms with Crippen LogP contribution in [0.3, 0.4) is 0 Å². The van der Waals surface area contributed by atoms with Crippen molar-refractivity contribution in [2.45, 2.75) is 32.4 Å². The summed E-state index contributed by atoms with van der Waals surface area (Å²) in [6, 6.07) is 3.97. The smallest absolute Gasteiger partial charge is 0.219 e. The number of hydrogen-bond acceptors (Lipinski definition) is 3. The standard InChI is InChI=1S/C13H18Br2N2O2/c1-13(2,6-11(16)18)17-7-8-4-9(14)12(19-3)10(15)5-8/h4-5,17H,6-7H2,1-3H3,(H2,16,18). The third-order valence-electron chi connectivity index (χ3n) is 2.65. The van der Waals surface area contributed by atoms with E-state index in [1.807, 2.05) is 26.0 Å². The molecule has 1 amide bonds. The number of benzene rings is 1. The lowest BCUT2D eigenvalue weighted by Gasteiger charge is -2.25. The van der Waals surface area contributed by atoms with Crippen LogP contribution in [0.4, 0.5) is 0 Å². The van der Waals surface area contributed by atoms with Crippen molar-refractivity contribution in [1.29, 1.82) is 0 Å². The van der Waals surface area contributed by atoms with Crippen LogP contribution < -0.4 is 15.8 Å². The predicted octanol–water partition coefficient (Wildman–Crippen LogP) is 2.96. The molecule has 3 N–H and O–H groups in total. The lowest BCUT2D eigenvalue weighted by Crippen LogP contribution is -2.42. The second-order valence-corrected chi connectivity index (χ2v) is 6.68. The van der Waals surface area contributed by atoms with Crippen LogP contribution in [0.2, 0.25) is 0 Å². The minimum atomic E-state index is -0.329. The van der Waals surface area contributed by atoms with Crippen LogP contribution in [0.25, 0.3) is 0 Å². The van der Waals surface area contributed by atoms with Crippen molar-refractivity contribution in [3.05, 3.63) is 26.6 Å². The maximum atomic E-state index is 11.0. The first-order valence-corrected chi connectivity index (χ1v) is 7.39. The van der Waals surface area contributed by atoms with Crippen LogP contribution in [-0.4, -0.2) is 18.6 Å². The molecule has 0 aromatic heterocycles. The molecule has 1 aromatic carbocycles. The summed E-state index contributed by atoms with van der Waals surface area (Å²) >= 11 is 6.92. The Balaban J connectivity index is 2.76. The van der Waals surface area contributed by atoms with Gasteiger partial charge in [0.05, 0.1) is 16.1 Å². The van der Waals surface area contributed by atoms with Crippen LogP contribution in [0.1, 0.15) is 25.8 Å². The maximum absolute atomic E-state index is 11.0. The number of hydrogen-bond donors (Lipinski definition) is 2. The Kier molecular flexibility index (Phi) is 5.82. The van der Waals surface area contributed by atoms with Gasteiger partial charge in [-0.1, -0.05) is 0 Å². The van der Waals surface area contributed by atoms with Crippen molar-refractivity contribution >= 4 is 37.8 Å². The largest absolute Gasteiger partial charge is 0.494 e. The average molecular weight is 394 g/mol. The molecule has 6 heteroatoms. The molecular formula is C13H18Br2N2O2. The highest BCUT2D eigenvalue weighted by atomic mass is 79.9. The van der Waals surface area contributed by atoms with Gasteiger partial charge in [-0.2, -0.15) is 0 Å². The Labute approximate surface area is 130 Å². The predicted molar refractivity (Wildman–Crippen MR) is 83.1 cm³/mol. The van der Waals surface area contributed by atoms with Crippen molar-refractivity contribution in [2.24, 2.45) is 5.73 Å². The topological polar surface area (TPSA) is 64.3 Å². The summed E-state index contributed by atoms with van der Waals surface area (Å²) in [6.45, 7) is 4.54. The fourth-order valence-corrected chi connectivity index (χ4v) is 3.35. The number of ether oxygens (including phenoxy) is 1. The highest BCUT2D eigenvalue weighted by molar-refractivity contribution is 9.11. The van der Waals surface area contributed by atoms with Crippen molar-refractivity contribution in [3.63, 3.8) is 0 Å². The number of rotatable bonds is 6. The molecule has 0 saturated heterocycles. The number of primary amides is 1. The lowest BCUT2D eigenvalue weighted by molar-refractivity contribution is -0.119. The van der Waals surface area contributed by atoms with Gasteiger partial charge in [0.25, 0.3) is 0 Å². The minimum absolute atomic E-state index is 0.297. The zero-order chi connectivity index (χ0) is 14.6. The molecule has 0 aliphatic heterocycles. The zero-order valence-corrected chi connectivity index (χ0v) is 14.4. The molecule has 0 heterocycles. The summed E-state index contributed by atoms with van der Waals surface area (Å²) in [5.41, 5.74) is 5.98. The van der Waals surface area contributed by atoms with E-state index in [-0.39, 0.29) is 11.4 Å². The number of carbonyl (C=O) groups excluding carboxylic acids is 1. The second kappa shape index (κ2) is 6.72. The van der Waals surface area contributed by atoms with Gasteiger partial charge in [-0.15, -0.1) is 0 Å². The van der Waals surface area contributed by atoms with Crippen LogP contribution >= 0.6 is 31.9 Å². The van der Waals surface area contributed by atoms with Crippen molar-refractivity contribution < 1.29 is 9.53 Å². The van der Waals surface area contributed by atoms with Gasteiger partial charge in [-0.3, -0.25) is 4.79 Å². The molecule has 106 valence electrons. The number of halogens is 2. The highest BCUT2D eigenvalue weighted by Gasteiger charge is 2.20. The monoisotopic (exact) mass is 392 g/mol. The van der Waals surface area contributed by atoms with E-state index in [9.17, 15) is 4.79 Å². The number of amides is 1. The van der Waals surface area contributed by atoms with Gasteiger partial charge in [-0.05, 0) is 63.4 Å². The van der Waals surface area contributed by atoms with Crippen molar-refractivity contribution in [3.8, 4) is 5.75 Å². The molecule has 4 nitrogen and oxygen atoms in total. The van der Waals surface area contributed by atoms with Gasteiger partial charge in [0.1, 0.15) is 5.75 Å². The van der Waals surface area contributed by atoms with Crippen LogP contribution in [0.15, 0.2) is 21.1 Å². The fourth-order valence-electron chi connectivity index (χ4n) is 1.75. The molecule has 0 saturated carbocycles. The van der Waals surface area contributed by atoms with Crippen molar-refractivity contribution in [2.75, 3.05) is 7.11 Å². The summed E-state index contributed by atoms with van der Waals surface area (Å²) in [6.07, 6.45) is 0.297. The first-order chi connectivity index (χ1) is 8.75. The number of carbonyl (C=O) groups is 1. The van der Waals surface area contributed by atoms with Gasteiger partial charge >= 0.3 is 0 Å². The molecule has 0 fully saturated rings. The zero-order valence-electron chi connectivity index (χ0n) is 11.2. The molecule has 1 rings (SSSR count). The Morgan fingerprint density at radius 1 is 1.37 bits per heavy atom. The van der Waals surface area contributed by atoms with Gasteiger partial charge < -0.3 is 15.8 Å². The van der Waals surface area contributed by atoms with E-state index in [0.717, 1.165) is 20.3 Å². The number of nitrogens with two attached hydrogens (primary N) is 1. The molecular weight excluding hydrogens is 376 g/mol. The van der Waals surface area contributed by atoms with E-state index < -0.39 is 0 Å². The Morgan fingerprint density at radius 3 is 2.32 bits per heavy atom. The second-order valence-electron chi connectivity index (χ2n) is 4.97. The Bertz CT molecular complexity index is 453. The quantitative estimate of drug-likeness (QED) is 0.780. The SMILES string of the molecule is COc1c(Br)cc(CNC(C)(C)CC(N)=O)cc1Br. The van der Waals surface area contributed by atoms with Crippen LogP contribution in [0.5, 0.6) is 5.75 Å². The van der Waals surface area contributed by atoms with Gasteiger partial charge in [0.15, 0.2) is 0 Å². The molecule has 0 unspecified atom stereocenters. The van der Waals surface area contributed by atoms with E-state index in [1.165, 1.54) is 0 Å². The van der Waals surface area contributed by atoms with Crippen LogP contribution in [-0.2, 0) is 11.3 Å². The summed E-state index contributed by atoms with van der Waals surface area (Å²) < 4.78 is 7.02.